The third-order valence-electron chi connectivity index (χ3n) is 3.80. The van der Waals surface area contributed by atoms with Gasteiger partial charge in [0.15, 0.2) is 5.13 Å². The smallest absolute Gasteiger partial charge is 0.190 e. The summed E-state index contributed by atoms with van der Waals surface area (Å²) in [6.07, 6.45) is 1.03. The molecule has 1 N–H and O–H groups in total. The molecule has 0 aliphatic rings. The van der Waals surface area contributed by atoms with Crippen LogP contribution in [0.4, 0.5) is 10.8 Å². The Morgan fingerprint density at radius 1 is 1.33 bits per heavy atom. The van der Waals surface area contributed by atoms with E-state index < -0.39 is 0 Å². The monoisotopic (exact) mass is 304 g/mol. The molecule has 0 fully saturated rings. The number of benzene rings is 1. The molecule has 0 aliphatic heterocycles. The highest BCUT2D eigenvalue weighted by Gasteiger charge is 2.19. The Morgan fingerprint density at radius 3 is 2.67 bits per heavy atom. The Balaban J connectivity index is 2.41. The van der Waals surface area contributed by atoms with E-state index in [2.05, 4.69) is 56.9 Å². The first-order valence-corrected chi connectivity index (χ1v) is 8.37. The van der Waals surface area contributed by atoms with E-state index in [0.717, 1.165) is 34.4 Å². The van der Waals surface area contributed by atoms with Gasteiger partial charge in [0.25, 0.3) is 0 Å². The lowest BCUT2D eigenvalue weighted by atomic mass is 10.0. The molecule has 0 aliphatic carbocycles. The molecule has 114 valence electrons. The molecule has 2 aromatic rings. The van der Waals surface area contributed by atoms with Crippen molar-refractivity contribution in [2.45, 2.75) is 46.6 Å². The lowest BCUT2D eigenvalue weighted by Gasteiger charge is -2.20. The molecule has 0 radical (unpaired) electrons. The van der Waals surface area contributed by atoms with Crippen molar-refractivity contribution in [2.24, 2.45) is 0 Å². The van der Waals surface area contributed by atoms with Crippen LogP contribution < -0.4 is 4.90 Å². The molecule has 3 nitrogen and oxygen atoms in total. The molecule has 2 rings (SSSR count). The average Bonchev–Trinajstić information content (AvgIpc) is 2.91. The molecular formula is C17H24N2OS. The Hall–Kier alpha value is -1.39. The lowest BCUT2D eigenvalue weighted by molar-refractivity contribution is 0.283. The number of nitrogens with zero attached hydrogens (tertiary/aromatic N) is 2. The lowest BCUT2D eigenvalue weighted by Crippen LogP contribution is -2.16. The highest BCUT2D eigenvalue weighted by molar-refractivity contribution is 7.15. The van der Waals surface area contributed by atoms with Crippen molar-refractivity contribution >= 4 is 22.2 Å². The molecule has 1 aromatic heterocycles. The number of aliphatic hydroxyl groups excluding tert-OH is 1. The normalized spacial score (nSPS) is 12.4. The molecule has 0 spiro atoms. The average molecular weight is 304 g/mol. The van der Waals surface area contributed by atoms with Gasteiger partial charge in [-0.15, -0.1) is 0 Å². The van der Waals surface area contributed by atoms with Crippen LogP contribution in [0.2, 0.25) is 0 Å². The predicted molar refractivity (Wildman–Crippen MR) is 90.6 cm³/mol. The molecule has 1 atom stereocenters. The predicted octanol–water partition coefficient (Wildman–Crippen LogP) is 4.62. The van der Waals surface area contributed by atoms with Crippen molar-refractivity contribution in [2.75, 3.05) is 11.4 Å². The highest BCUT2D eigenvalue weighted by atomic mass is 32.1. The number of hydrogen-bond donors (Lipinski definition) is 1. The Morgan fingerprint density at radius 2 is 2.10 bits per heavy atom. The maximum atomic E-state index is 9.60. The summed E-state index contributed by atoms with van der Waals surface area (Å²) in [7, 11) is 0. The minimum absolute atomic E-state index is 0.0721. The molecular weight excluding hydrogens is 280 g/mol. The topological polar surface area (TPSA) is 36.4 Å². The number of anilines is 2. The van der Waals surface area contributed by atoms with E-state index in [4.69, 9.17) is 4.98 Å². The molecule has 0 bridgehead atoms. The zero-order valence-electron chi connectivity index (χ0n) is 13.3. The van der Waals surface area contributed by atoms with Crippen LogP contribution in [0.25, 0.3) is 0 Å². The summed E-state index contributed by atoms with van der Waals surface area (Å²) in [6, 6.07) is 8.46. The molecule has 21 heavy (non-hydrogen) atoms. The summed E-state index contributed by atoms with van der Waals surface area (Å²) in [4.78, 5) is 8.02. The number of aliphatic hydroxyl groups is 1. The van der Waals surface area contributed by atoms with E-state index in [1.54, 1.807) is 11.3 Å². The number of rotatable bonds is 6. The van der Waals surface area contributed by atoms with Crippen molar-refractivity contribution in [3.8, 4) is 0 Å². The van der Waals surface area contributed by atoms with Gasteiger partial charge in [0.2, 0.25) is 0 Å². The maximum Gasteiger partial charge on any atom is 0.190 e. The SMILES string of the molecule is CCC(C)c1nc(N(CC)c2cccc(C)c2)sc1CO. The minimum atomic E-state index is 0.0721. The second kappa shape index (κ2) is 7.05. The quantitative estimate of drug-likeness (QED) is 0.846. The van der Waals surface area contributed by atoms with Crippen LogP contribution in [0.15, 0.2) is 24.3 Å². The first-order chi connectivity index (χ1) is 10.1. The summed E-state index contributed by atoms with van der Waals surface area (Å²) in [5.74, 6) is 0.383. The Kier molecular flexibility index (Phi) is 5.37. The van der Waals surface area contributed by atoms with Crippen LogP contribution in [0.5, 0.6) is 0 Å². The maximum absolute atomic E-state index is 9.60. The van der Waals surface area contributed by atoms with E-state index in [0.29, 0.717) is 5.92 Å². The van der Waals surface area contributed by atoms with Crippen molar-refractivity contribution in [3.63, 3.8) is 0 Å². The van der Waals surface area contributed by atoms with Gasteiger partial charge in [0.1, 0.15) is 0 Å². The molecule has 1 unspecified atom stereocenters. The number of aromatic nitrogens is 1. The summed E-state index contributed by atoms with van der Waals surface area (Å²) < 4.78 is 0. The largest absolute Gasteiger partial charge is 0.391 e. The fourth-order valence-corrected chi connectivity index (χ4v) is 3.51. The summed E-state index contributed by atoms with van der Waals surface area (Å²) in [6.45, 7) is 9.49. The molecule has 0 amide bonds. The van der Waals surface area contributed by atoms with E-state index >= 15 is 0 Å². The Bertz CT molecular complexity index is 594. The number of aryl methyl sites for hydroxylation is 1. The van der Waals surface area contributed by atoms with Crippen molar-refractivity contribution in [1.82, 2.24) is 4.98 Å². The zero-order chi connectivity index (χ0) is 15.4. The van der Waals surface area contributed by atoms with Crippen molar-refractivity contribution in [3.05, 3.63) is 40.4 Å². The summed E-state index contributed by atoms with van der Waals surface area (Å²) in [5, 5.41) is 10.6. The van der Waals surface area contributed by atoms with Gasteiger partial charge >= 0.3 is 0 Å². The van der Waals surface area contributed by atoms with E-state index in [1.165, 1.54) is 5.56 Å². The molecule has 0 saturated heterocycles. The van der Waals surface area contributed by atoms with Gasteiger partial charge in [0.05, 0.1) is 17.2 Å². The second-order valence-corrected chi connectivity index (χ2v) is 6.42. The summed E-state index contributed by atoms with van der Waals surface area (Å²) in [5.41, 5.74) is 3.45. The molecule has 0 saturated carbocycles. The fraction of sp³-hybridized carbons (Fsp3) is 0.471. The summed E-state index contributed by atoms with van der Waals surface area (Å²) >= 11 is 1.60. The second-order valence-electron chi connectivity index (χ2n) is 5.36. The van der Waals surface area contributed by atoms with Gasteiger partial charge in [-0.25, -0.2) is 4.98 Å². The van der Waals surface area contributed by atoms with Crippen LogP contribution in [0.1, 0.15) is 49.2 Å². The van der Waals surface area contributed by atoms with Crippen LogP contribution in [0.3, 0.4) is 0 Å². The van der Waals surface area contributed by atoms with Gasteiger partial charge in [-0.1, -0.05) is 37.3 Å². The van der Waals surface area contributed by atoms with Crippen LogP contribution in [-0.2, 0) is 6.61 Å². The highest BCUT2D eigenvalue weighted by Crippen LogP contribution is 2.35. The fourth-order valence-electron chi connectivity index (χ4n) is 2.38. The number of thiazole rings is 1. The standard InChI is InChI=1S/C17H24N2OS/c1-5-13(4)16-15(11-20)21-17(18-16)19(6-2)14-9-7-8-12(3)10-14/h7-10,13,20H,5-6,11H2,1-4H3. The van der Waals surface area contributed by atoms with Gasteiger partial charge in [-0.2, -0.15) is 0 Å². The zero-order valence-corrected chi connectivity index (χ0v) is 14.1. The third kappa shape index (κ3) is 3.44. The van der Waals surface area contributed by atoms with Crippen molar-refractivity contribution in [1.29, 1.82) is 0 Å². The minimum Gasteiger partial charge on any atom is -0.391 e. The third-order valence-corrected chi connectivity index (χ3v) is 4.88. The first-order valence-electron chi connectivity index (χ1n) is 7.55. The molecule has 1 aromatic carbocycles. The van der Waals surface area contributed by atoms with Crippen LogP contribution in [0, 0.1) is 6.92 Å². The van der Waals surface area contributed by atoms with E-state index in [-0.39, 0.29) is 6.61 Å². The van der Waals surface area contributed by atoms with Crippen molar-refractivity contribution < 1.29 is 5.11 Å². The van der Waals surface area contributed by atoms with Crippen LogP contribution in [-0.4, -0.2) is 16.6 Å². The molecule has 1 heterocycles. The number of hydrogen-bond acceptors (Lipinski definition) is 4. The Labute approximate surface area is 131 Å². The van der Waals surface area contributed by atoms with Gasteiger partial charge in [0, 0.05) is 12.2 Å². The van der Waals surface area contributed by atoms with Gasteiger partial charge < -0.3 is 10.0 Å². The van der Waals surface area contributed by atoms with Gasteiger partial charge in [-0.05, 0) is 43.9 Å². The van der Waals surface area contributed by atoms with Crippen LogP contribution >= 0.6 is 11.3 Å². The van der Waals surface area contributed by atoms with E-state index in [1.807, 2.05) is 0 Å². The van der Waals surface area contributed by atoms with Gasteiger partial charge in [-0.3, -0.25) is 0 Å². The molecule has 4 heteroatoms. The van der Waals surface area contributed by atoms with E-state index in [9.17, 15) is 5.11 Å². The first kappa shape index (κ1) is 16.0.